The molecule has 19 heavy (non-hydrogen) atoms. The van der Waals surface area contributed by atoms with E-state index in [1.54, 1.807) is 0 Å². The third-order valence-corrected chi connectivity index (χ3v) is 3.54. The minimum absolute atomic E-state index is 0.0291. The molecule has 0 aliphatic carbocycles. The van der Waals surface area contributed by atoms with E-state index in [4.69, 9.17) is 0 Å². The van der Waals surface area contributed by atoms with Crippen LogP contribution in [0.5, 0.6) is 0 Å². The van der Waals surface area contributed by atoms with Crippen LogP contribution in [0.4, 0.5) is 0 Å². The molecule has 2 N–H and O–H groups in total. The molecule has 0 aromatic carbocycles. The number of carbonyl (C=O) groups is 3. The van der Waals surface area contributed by atoms with Gasteiger partial charge in [-0.15, -0.1) is 0 Å². The average Bonchev–Trinajstić information content (AvgIpc) is 2.88. The normalized spacial score (nSPS) is 23.9. The predicted molar refractivity (Wildman–Crippen MR) is 68.3 cm³/mol. The van der Waals surface area contributed by atoms with Crippen molar-refractivity contribution in [2.45, 2.75) is 19.4 Å². The van der Waals surface area contributed by atoms with Crippen molar-refractivity contribution >= 4 is 17.7 Å². The summed E-state index contributed by atoms with van der Waals surface area (Å²) >= 11 is 0. The summed E-state index contributed by atoms with van der Waals surface area (Å²) in [6.45, 7) is 4.92. The second kappa shape index (κ2) is 6.01. The zero-order chi connectivity index (χ0) is 13.8. The number of hydrogen-bond acceptors (Lipinski definition) is 4. The maximum Gasteiger partial charge on any atom is 0.312 e. The standard InChI is InChI=1S/C12H20N4O3/c1-2-15-5-6-16(12(19)11(15)18)8-10(17)14-9-3-4-13-7-9/h9,13H,2-8H2,1H3,(H,14,17). The summed E-state index contributed by atoms with van der Waals surface area (Å²) in [5, 5.41) is 6.02. The van der Waals surface area contributed by atoms with Crippen LogP contribution in [0.3, 0.4) is 0 Å². The summed E-state index contributed by atoms with van der Waals surface area (Å²) in [7, 11) is 0. The highest BCUT2D eigenvalue weighted by Crippen LogP contribution is 2.05. The summed E-state index contributed by atoms with van der Waals surface area (Å²) < 4.78 is 0. The number of likely N-dealkylation sites (N-methyl/N-ethyl adjacent to an activating group) is 1. The Balaban J connectivity index is 1.83. The maximum atomic E-state index is 11.8. The Morgan fingerprint density at radius 1 is 1.32 bits per heavy atom. The van der Waals surface area contributed by atoms with Gasteiger partial charge in [-0.05, 0) is 19.9 Å². The number of piperazine rings is 1. The van der Waals surface area contributed by atoms with Crippen LogP contribution in [0, 0.1) is 0 Å². The summed E-state index contributed by atoms with van der Waals surface area (Å²) in [5.74, 6) is -1.28. The fraction of sp³-hybridized carbons (Fsp3) is 0.750. The van der Waals surface area contributed by atoms with Crippen molar-refractivity contribution in [1.82, 2.24) is 20.4 Å². The largest absolute Gasteiger partial charge is 0.351 e. The monoisotopic (exact) mass is 268 g/mol. The molecular weight excluding hydrogens is 248 g/mol. The number of carbonyl (C=O) groups excluding carboxylic acids is 3. The first-order chi connectivity index (χ1) is 9.11. The summed E-state index contributed by atoms with van der Waals surface area (Å²) in [5.41, 5.74) is 0. The average molecular weight is 268 g/mol. The highest BCUT2D eigenvalue weighted by atomic mass is 16.2. The molecule has 2 aliphatic rings. The van der Waals surface area contributed by atoms with Gasteiger partial charge in [0.1, 0.15) is 6.54 Å². The van der Waals surface area contributed by atoms with Gasteiger partial charge in [0, 0.05) is 32.2 Å². The Hall–Kier alpha value is -1.63. The van der Waals surface area contributed by atoms with Gasteiger partial charge in [0.05, 0.1) is 0 Å². The van der Waals surface area contributed by atoms with Gasteiger partial charge >= 0.3 is 11.8 Å². The van der Waals surface area contributed by atoms with E-state index >= 15 is 0 Å². The van der Waals surface area contributed by atoms with Gasteiger partial charge in [-0.3, -0.25) is 14.4 Å². The van der Waals surface area contributed by atoms with Crippen molar-refractivity contribution in [1.29, 1.82) is 0 Å². The minimum Gasteiger partial charge on any atom is -0.351 e. The number of rotatable bonds is 4. The summed E-state index contributed by atoms with van der Waals surface area (Å²) in [6.07, 6.45) is 0.905. The quantitative estimate of drug-likeness (QED) is 0.587. The van der Waals surface area contributed by atoms with Gasteiger partial charge in [0.2, 0.25) is 5.91 Å². The zero-order valence-corrected chi connectivity index (χ0v) is 11.1. The van der Waals surface area contributed by atoms with Crippen molar-refractivity contribution in [3.05, 3.63) is 0 Å². The molecule has 7 nitrogen and oxygen atoms in total. The van der Waals surface area contributed by atoms with Crippen LogP contribution >= 0.6 is 0 Å². The molecule has 106 valence electrons. The van der Waals surface area contributed by atoms with Crippen molar-refractivity contribution < 1.29 is 14.4 Å². The van der Waals surface area contributed by atoms with Crippen LogP contribution in [0.25, 0.3) is 0 Å². The molecule has 2 saturated heterocycles. The molecule has 0 aromatic heterocycles. The van der Waals surface area contributed by atoms with Crippen molar-refractivity contribution in [2.75, 3.05) is 39.3 Å². The van der Waals surface area contributed by atoms with E-state index in [0.29, 0.717) is 19.6 Å². The van der Waals surface area contributed by atoms with Gasteiger partial charge in [-0.2, -0.15) is 0 Å². The Kier molecular flexibility index (Phi) is 4.36. The van der Waals surface area contributed by atoms with Crippen molar-refractivity contribution in [3.8, 4) is 0 Å². The van der Waals surface area contributed by atoms with Crippen LogP contribution in [0.2, 0.25) is 0 Å². The lowest BCUT2D eigenvalue weighted by Crippen LogP contribution is -2.56. The Bertz CT molecular complexity index is 379. The second-order valence-electron chi connectivity index (χ2n) is 4.87. The van der Waals surface area contributed by atoms with E-state index in [9.17, 15) is 14.4 Å². The Morgan fingerprint density at radius 3 is 2.63 bits per heavy atom. The molecule has 2 fully saturated rings. The number of amides is 3. The smallest absolute Gasteiger partial charge is 0.312 e. The van der Waals surface area contributed by atoms with Crippen LogP contribution in [0.1, 0.15) is 13.3 Å². The molecule has 0 spiro atoms. The van der Waals surface area contributed by atoms with E-state index < -0.39 is 11.8 Å². The topological polar surface area (TPSA) is 81.8 Å². The van der Waals surface area contributed by atoms with E-state index in [0.717, 1.165) is 19.5 Å². The van der Waals surface area contributed by atoms with E-state index in [2.05, 4.69) is 10.6 Å². The molecule has 1 unspecified atom stereocenters. The van der Waals surface area contributed by atoms with Crippen LogP contribution < -0.4 is 10.6 Å². The van der Waals surface area contributed by atoms with E-state index in [1.807, 2.05) is 6.92 Å². The first-order valence-electron chi connectivity index (χ1n) is 6.70. The van der Waals surface area contributed by atoms with Gasteiger partial charge in [0.15, 0.2) is 0 Å². The fourth-order valence-electron chi connectivity index (χ4n) is 2.39. The third-order valence-electron chi connectivity index (χ3n) is 3.54. The Labute approximate surface area is 112 Å². The number of nitrogens with zero attached hydrogens (tertiary/aromatic N) is 2. The molecule has 2 aliphatic heterocycles. The molecule has 1 atom stereocenters. The molecular formula is C12H20N4O3. The molecule has 3 amide bonds. The molecule has 7 heteroatoms. The first kappa shape index (κ1) is 13.8. The lowest BCUT2D eigenvalue weighted by atomic mass is 10.2. The SMILES string of the molecule is CCN1CCN(CC(=O)NC2CCNC2)C(=O)C1=O. The number of hydrogen-bond donors (Lipinski definition) is 2. The Morgan fingerprint density at radius 2 is 2.00 bits per heavy atom. The summed E-state index contributed by atoms with van der Waals surface area (Å²) in [6, 6.07) is 0.134. The minimum atomic E-state index is -0.576. The molecule has 2 heterocycles. The van der Waals surface area contributed by atoms with Crippen LogP contribution in [-0.4, -0.2) is 72.8 Å². The highest BCUT2D eigenvalue weighted by molar-refractivity contribution is 6.35. The molecule has 2 rings (SSSR count). The maximum absolute atomic E-state index is 11.8. The van der Waals surface area contributed by atoms with Gasteiger partial charge in [0.25, 0.3) is 0 Å². The van der Waals surface area contributed by atoms with Crippen LogP contribution in [-0.2, 0) is 14.4 Å². The van der Waals surface area contributed by atoms with E-state index in [1.165, 1.54) is 9.80 Å². The highest BCUT2D eigenvalue weighted by Gasteiger charge is 2.32. The first-order valence-corrected chi connectivity index (χ1v) is 6.70. The molecule has 0 saturated carbocycles. The second-order valence-corrected chi connectivity index (χ2v) is 4.87. The molecule has 0 aromatic rings. The van der Waals surface area contributed by atoms with Gasteiger partial charge < -0.3 is 20.4 Å². The predicted octanol–water partition coefficient (Wildman–Crippen LogP) is -1.84. The van der Waals surface area contributed by atoms with Crippen LogP contribution in [0.15, 0.2) is 0 Å². The van der Waals surface area contributed by atoms with Crippen molar-refractivity contribution in [2.24, 2.45) is 0 Å². The van der Waals surface area contributed by atoms with Crippen molar-refractivity contribution in [3.63, 3.8) is 0 Å². The number of nitrogens with one attached hydrogen (secondary N) is 2. The summed E-state index contributed by atoms with van der Waals surface area (Å²) in [4.78, 5) is 38.1. The van der Waals surface area contributed by atoms with E-state index in [-0.39, 0.29) is 18.5 Å². The lowest BCUT2D eigenvalue weighted by Gasteiger charge is -2.32. The third kappa shape index (κ3) is 3.23. The molecule has 0 radical (unpaired) electrons. The van der Waals surface area contributed by atoms with Gasteiger partial charge in [-0.1, -0.05) is 0 Å². The fourth-order valence-corrected chi connectivity index (χ4v) is 2.39. The van der Waals surface area contributed by atoms with Gasteiger partial charge in [-0.25, -0.2) is 0 Å². The lowest BCUT2D eigenvalue weighted by molar-refractivity contribution is -0.156. The zero-order valence-electron chi connectivity index (χ0n) is 11.1. The molecule has 0 bridgehead atoms.